The van der Waals surface area contributed by atoms with Gasteiger partial charge in [0, 0.05) is 0 Å². The fourth-order valence-corrected chi connectivity index (χ4v) is 4.27. The first-order valence-electron chi connectivity index (χ1n) is 6.86. The first-order chi connectivity index (χ1) is 10.8. The molecule has 1 radical (unpaired) electrons. The van der Waals surface area contributed by atoms with Crippen molar-refractivity contribution < 1.29 is 4.79 Å². The van der Waals surface area contributed by atoms with Crippen molar-refractivity contribution >= 4 is 66.6 Å². The van der Waals surface area contributed by atoms with Gasteiger partial charge < -0.3 is 0 Å². The molecule has 1 amide bonds. The second-order valence-corrected chi connectivity index (χ2v) is 7.55. The fraction of sp³-hybridized carbons (Fsp3) is 0.188. The predicted molar refractivity (Wildman–Crippen MR) is 97.6 cm³/mol. The van der Waals surface area contributed by atoms with Crippen molar-refractivity contribution in [1.82, 2.24) is 9.66 Å². The van der Waals surface area contributed by atoms with Gasteiger partial charge in [-0.05, 0) is 0 Å². The van der Waals surface area contributed by atoms with Crippen LogP contribution >= 0.6 is 15.9 Å². The Kier molecular flexibility index (Phi) is 5.88. The van der Waals surface area contributed by atoms with E-state index in [1.165, 1.54) is 36.7 Å². The molecule has 1 N–H and O–H groups in total. The van der Waals surface area contributed by atoms with E-state index in [9.17, 15) is 9.59 Å². The van der Waals surface area contributed by atoms with Crippen molar-refractivity contribution in [2.45, 2.75) is 20.8 Å². The summed E-state index contributed by atoms with van der Waals surface area (Å²) in [7, 11) is 0. The number of halogens is 1. The molecular weight excluding hydrogens is 555 g/mol. The number of fused-ring (bicyclic) bond motifs is 1. The van der Waals surface area contributed by atoms with E-state index < -0.39 is 0 Å². The molecule has 5 nitrogen and oxygen atoms in total. The standard InChI is InChI=1S/C16H15BrN3O2.Po/c1-4-5-6-10(2)15-18-14-8-7-12(17)9-13(14)16(22)20(15)19-11(3)21;/h4-7,9H,1-3H3,(H,19,21);/b5-4-,10-6+;. The third kappa shape index (κ3) is 3.96. The van der Waals surface area contributed by atoms with Crippen molar-refractivity contribution in [1.29, 1.82) is 0 Å². The number of nitrogens with one attached hydrogen (secondary N) is 1. The van der Waals surface area contributed by atoms with Crippen molar-refractivity contribution in [2.24, 2.45) is 0 Å². The molecule has 7 heteroatoms. The van der Waals surface area contributed by atoms with Crippen molar-refractivity contribution in [3.8, 4) is 0 Å². The maximum absolute atomic E-state index is 12.8. The molecule has 0 atom stereocenters. The molecule has 2 aromatic rings. The molecule has 0 aliphatic carbocycles. The van der Waals surface area contributed by atoms with Gasteiger partial charge in [-0.1, -0.05) is 0 Å². The van der Waals surface area contributed by atoms with Crippen LogP contribution in [-0.2, 0) is 4.79 Å². The number of hydrogen-bond acceptors (Lipinski definition) is 3. The van der Waals surface area contributed by atoms with E-state index in [0.29, 0.717) is 16.7 Å². The molecule has 0 saturated heterocycles. The Labute approximate surface area is 157 Å². The molecular formula is C16H15BrN3O2Po. The van der Waals surface area contributed by atoms with Crippen LogP contribution in [0.2, 0.25) is 0 Å². The van der Waals surface area contributed by atoms with E-state index in [-0.39, 0.29) is 11.5 Å². The zero-order valence-corrected chi connectivity index (χ0v) is 17.6. The second kappa shape index (κ2) is 7.50. The molecule has 0 fully saturated rings. The molecule has 2 rings (SSSR count). The summed E-state index contributed by atoms with van der Waals surface area (Å²) < 4.78 is 3.00. The number of aromatic nitrogens is 2. The van der Waals surface area contributed by atoms with E-state index in [2.05, 4.69) is 26.3 Å². The van der Waals surface area contributed by atoms with Gasteiger partial charge >= 0.3 is 158 Å². The Morgan fingerprint density at radius 3 is 2.70 bits per heavy atom. The molecule has 1 aromatic carbocycles. The first kappa shape index (κ1) is 18.0. The second-order valence-electron chi connectivity index (χ2n) is 4.92. The van der Waals surface area contributed by atoms with Crippen LogP contribution in [0, 0.1) is 0 Å². The SMILES string of the molecule is C/C=C\C=C(/C)c1nc2[c]([Po])cc(Br)cc2c(=O)n1NC(C)=O. The maximum atomic E-state index is 12.8. The van der Waals surface area contributed by atoms with Gasteiger partial charge in [-0.3, -0.25) is 0 Å². The number of hydrogen-bond donors (Lipinski definition) is 1. The van der Waals surface area contributed by atoms with E-state index in [4.69, 9.17) is 0 Å². The summed E-state index contributed by atoms with van der Waals surface area (Å²) in [6.45, 7) is 5.12. The Bertz CT molecular complexity index is 900. The van der Waals surface area contributed by atoms with Crippen molar-refractivity contribution in [2.75, 3.05) is 5.43 Å². The Morgan fingerprint density at radius 2 is 2.09 bits per heavy atom. The number of amides is 1. The summed E-state index contributed by atoms with van der Waals surface area (Å²) in [5.41, 5.74) is 3.72. The molecule has 0 aliphatic rings. The van der Waals surface area contributed by atoms with Crippen LogP contribution < -0.4 is 14.2 Å². The van der Waals surface area contributed by atoms with Gasteiger partial charge in [-0.2, -0.15) is 0 Å². The zero-order valence-electron chi connectivity index (χ0n) is 12.9. The van der Waals surface area contributed by atoms with E-state index in [0.717, 1.165) is 13.3 Å². The number of benzene rings is 1. The number of carbonyl (C=O) groups excluding carboxylic acids is 1. The molecule has 119 valence electrons. The quantitative estimate of drug-likeness (QED) is 0.575. The summed E-state index contributed by atoms with van der Waals surface area (Å²) in [4.78, 5) is 28.9. The number of allylic oxidation sites excluding steroid dienone is 4. The monoisotopic (exact) mass is 569 g/mol. The number of carbonyl (C=O) groups is 1. The number of nitrogens with zero attached hydrogens (tertiary/aromatic N) is 2. The van der Waals surface area contributed by atoms with Crippen LogP contribution in [0.5, 0.6) is 0 Å². The van der Waals surface area contributed by atoms with Gasteiger partial charge in [-0.25, -0.2) is 0 Å². The molecule has 1 heterocycles. The summed E-state index contributed by atoms with van der Waals surface area (Å²) in [6, 6.07) is 3.67. The summed E-state index contributed by atoms with van der Waals surface area (Å²) in [5, 5.41) is 0.473. The van der Waals surface area contributed by atoms with Crippen LogP contribution in [0.15, 0.2) is 39.6 Å². The van der Waals surface area contributed by atoms with E-state index >= 15 is 0 Å². The molecule has 1 aromatic heterocycles. The van der Waals surface area contributed by atoms with Crippen LogP contribution in [-0.4, -0.2) is 40.6 Å². The average molecular weight is 570 g/mol. The number of rotatable bonds is 3. The van der Waals surface area contributed by atoms with Gasteiger partial charge in [-0.15, -0.1) is 0 Å². The van der Waals surface area contributed by atoms with Gasteiger partial charge in [0.15, 0.2) is 0 Å². The Morgan fingerprint density at radius 1 is 1.39 bits per heavy atom. The molecule has 0 aliphatic heterocycles. The molecule has 0 unspecified atom stereocenters. The topological polar surface area (TPSA) is 64.0 Å². The van der Waals surface area contributed by atoms with Crippen molar-refractivity contribution in [3.05, 3.63) is 51.0 Å². The molecule has 0 spiro atoms. The van der Waals surface area contributed by atoms with Gasteiger partial charge in [0.1, 0.15) is 0 Å². The average Bonchev–Trinajstić information content (AvgIpc) is 2.47. The Hall–Kier alpha value is -1.31. The van der Waals surface area contributed by atoms with Crippen LogP contribution in [0.1, 0.15) is 26.6 Å². The minimum atomic E-state index is -0.328. The van der Waals surface area contributed by atoms with Crippen LogP contribution in [0.25, 0.3) is 16.5 Å². The van der Waals surface area contributed by atoms with Gasteiger partial charge in [0.25, 0.3) is 0 Å². The van der Waals surface area contributed by atoms with Gasteiger partial charge in [0.2, 0.25) is 0 Å². The molecule has 23 heavy (non-hydrogen) atoms. The van der Waals surface area contributed by atoms with E-state index in [1.54, 1.807) is 6.07 Å². The first-order valence-corrected chi connectivity index (χ1v) is 9.24. The third-order valence-corrected chi connectivity index (χ3v) is 4.73. The Balaban J connectivity index is 2.88. The molecule has 0 saturated carbocycles. The fourth-order valence-electron chi connectivity index (χ4n) is 2.07. The molecule has 0 bridgehead atoms. The normalized spacial score (nSPS) is 12.1. The summed E-state index contributed by atoms with van der Waals surface area (Å²) >= 11 is 4.62. The summed E-state index contributed by atoms with van der Waals surface area (Å²) in [6.07, 6.45) is 5.61. The summed E-state index contributed by atoms with van der Waals surface area (Å²) in [5.74, 6) is 0.103. The van der Waals surface area contributed by atoms with Crippen molar-refractivity contribution in [3.63, 3.8) is 0 Å². The van der Waals surface area contributed by atoms with Crippen LogP contribution in [0.3, 0.4) is 0 Å². The van der Waals surface area contributed by atoms with Crippen LogP contribution in [0.4, 0.5) is 0 Å². The van der Waals surface area contributed by atoms with Gasteiger partial charge in [0.05, 0.1) is 0 Å². The zero-order chi connectivity index (χ0) is 17.1. The predicted octanol–water partition coefficient (Wildman–Crippen LogP) is 2.02. The third-order valence-electron chi connectivity index (χ3n) is 3.06. The van der Waals surface area contributed by atoms with E-state index in [1.807, 2.05) is 38.1 Å². The minimum absolute atomic E-state index is 0.294.